The maximum absolute atomic E-state index is 13.0. The summed E-state index contributed by atoms with van der Waals surface area (Å²) in [7, 11) is 0. The number of carbonyl (C=O) groups is 1. The van der Waals surface area contributed by atoms with Gasteiger partial charge in [0.05, 0.1) is 18.2 Å². The van der Waals surface area contributed by atoms with Gasteiger partial charge in [-0.1, -0.05) is 23.7 Å². The zero-order chi connectivity index (χ0) is 19.2. The van der Waals surface area contributed by atoms with Crippen molar-refractivity contribution in [2.45, 2.75) is 26.0 Å². The number of ether oxygens (including phenoxy) is 1. The first-order valence-corrected chi connectivity index (χ1v) is 9.62. The van der Waals surface area contributed by atoms with Crippen molar-refractivity contribution >= 4 is 28.8 Å². The van der Waals surface area contributed by atoms with Gasteiger partial charge < -0.3 is 10.1 Å². The lowest BCUT2D eigenvalue weighted by molar-refractivity contribution is -0.121. The Labute approximate surface area is 166 Å². The molecule has 1 N–H and O–H groups in total. The molecule has 3 aromatic rings. The quantitative estimate of drug-likeness (QED) is 0.607. The zero-order valence-corrected chi connectivity index (χ0v) is 16.2. The number of amides is 1. The number of thiazole rings is 1. The van der Waals surface area contributed by atoms with E-state index in [9.17, 15) is 9.18 Å². The third kappa shape index (κ3) is 5.77. The second-order valence-electron chi connectivity index (χ2n) is 5.99. The smallest absolute Gasteiger partial charge is 0.226 e. The van der Waals surface area contributed by atoms with Gasteiger partial charge in [0.25, 0.3) is 0 Å². The first-order chi connectivity index (χ1) is 13.0. The van der Waals surface area contributed by atoms with Crippen LogP contribution >= 0.6 is 22.9 Å². The maximum Gasteiger partial charge on any atom is 0.226 e. The van der Waals surface area contributed by atoms with Crippen molar-refractivity contribution in [1.29, 1.82) is 0 Å². The molecule has 2 aromatic carbocycles. The third-order valence-electron chi connectivity index (χ3n) is 3.86. The first-order valence-electron chi connectivity index (χ1n) is 8.36. The van der Waals surface area contributed by atoms with E-state index in [1.165, 1.54) is 23.5 Å². The minimum absolute atomic E-state index is 0.137. The van der Waals surface area contributed by atoms with Crippen molar-refractivity contribution in [3.05, 3.63) is 81.0 Å². The number of hydrogen-bond donors (Lipinski definition) is 1. The van der Waals surface area contributed by atoms with Crippen molar-refractivity contribution < 1.29 is 13.9 Å². The molecule has 1 heterocycles. The molecule has 1 atom stereocenters. The van der Waals surface area contributed by atoms with E-state index in [4.69, 9.17) is 16.3 Å². The fourth-order valence-electron chi connectivity index (χ4n) is 2.46. The Bertz CT molecular complexity index is 897. The Kier molecular flexibility index (Phi) is 6.42. The van der Waals surface area contributed by atoms with E-state index in [-0.39, 0.29) is 24.2 Å². The maximum atomic E-state index is 13.0. The topological polar surface area (TPSA) is 51.2 Å². The van der Waals surface area contributed by atoms with E-state index in [0.29, 0.717) is 23.1 Å². The summed E-state index contributed by atoms with van der Waals surface area (Å²) in [6.45, 7) is 2.19. The van der Waals surface area contributed by atoms with Crippen LogP contribution < -0.4 is 10.1 Å². The second-order valence-corrected chi connectivity index (χ2v) is 7.37. The SMILES string of the molecule is CC(NC(=O)Cc1csc(COc2ccc(Cl)cc2)n1)c1ccc(F)cc1. The van der Waals surface area contributed by atoms with E-state index >= 15 is 0 Å². The van der Waals surface area contributed by atoms with E-state index in [0.717, 1.165) is 10.6 Å². The predicted octanol–water partition coefficient (Wildman–Crippen LogP) is 4.93. The monoisotopic (exact) mass is 404 g/mol. The molecule has 0 fully saturated rings. The summed E-state index contributed by atoms with van der Waals surface area (Å²) in [4.78, 5) is 16.7. The van der Waals surface area contributed by atoms with Crippen molar-refractivity contribution in [2.75, 3.05) is 0 Å². The first kappa shape index (κ1) is 19.3. The lowest BCUT2D eigenvalue weighted by Crippen LogP contribution is -2.28. The van der Waals surface area contributed by atoms with Crippen LogP contribution in [-0.4, -0.2) is 10.9 Å². The molecule has 0 saturated carbocycles. The molecule has 4 nitrogen and oxygen atoms in total. The molecule has 140 valence electrons. The van der Waals surface area contributed by atoms with Gasteiger partial charge in [-0.3, -0.25) is 4.79 Å². The van der Waals surface area contributed by atoms with E-state index in [1.54, 1.807) is 36.4 Å². The number of benzene rings is 2. The normalized spacial score (nSPS) is 11.8. The molecule has 0 aliphatic heterocycles. The Morgan fingerprint density at radius 3 is 2.63 bits per heavy atom. The van der Waals surface area contributed by atoms with Crippen molar-refractivity contribution in [3.63, 3.8) is 0 Å². The van der Waals surface area contributed by atoms with Crippen LogP contribution in [0, 0.1) is 5.82 Å². The highest BCUT2D eigenvalue weighted by Crippen LogP contribution is 2.19. The van der Waals surface area contributed by atoms with Crippen LogP contribution in [0.1, 0.15) is 29.2 Å². The third-order valence-corrected chi connectivity index (χ3v) is 4.99. The number of aromatic nitrogens is 1. The molecule has 27 heavy (non-hydrogen) atoms. The zero-order valence-electron chi connectivity index (χ0n) is 14.6. The Balaban J connectivity index is 1.50. The average molecular weight is 405 g/mol. The molecule has 0 bridgehead atoms. The van der Waals surface area contributed by atoms with Crippen LogP contribution in [0.25, 0.3) is 0 Å². The number of rotatable bonds is 7. The summed E-state index contributed by atoms with van der Waals surface area (Å²) in [6, 6.07) is 13.0. The van der Waals surface area contributed by atoms with Gasteiger partial charge >= 0.3 is 0 Å². The summed E-state index contributed by atoms with van der Waals surface area (Å²) in [5.74, 6) is 0.275. The van der Waals surface area contributed by atoms with Gasteiger partial charge in [0, 0.05) is 10.4 Å². The van der Waals surface area contributed by atoms with E-state index in [2.05, 4.69) is 10.3 Å². The van der Waals surface area contributed by atoms with E-state index < -0.39 is 0 Å². The summed E-state index contributed by atoms with van der Waals surface area (Å²) in [5.41, 5.74) is 1.54. The van der Waals surface area contributed by atoms with Gasteiger partial charge in [-0.15, -0.1) is 11.3 Å². The molecule has 0 saturated heterocycles. The highest BCUT2D eigenvalue weighted by Gasteiger charge is 2.12. The van der Waals surface area contributed by atoms with E-state index in [1.807, 2.05) is 12.3 Å². The molecule has 7 heteroatoms. The fraction of sp³-hybridized carbons (Fsp3) is 0.200. The number of halogens is 2. The summed E-state index contributed by atoms with van der Waals surface area (Å²) in [5, 5.41) is 6.19. The highest BCUT2D eigenvalue weighted by atomic mass is 35.5. The molecule has 3 rings (SSSR count). The van der Waals surface area contributed by atoms with Crippen LogP contribution in [0.2, 0.25) is 5.02 Å². The Morgan fingerprint density at radius 2 is 1.93 bits per heavy atom. The largest absolute Gasteiger partial charge is 0.486 e. The molecule has 1 unspecified atom stereocenters. The van der Waals surface area contributed by atoms with Gasteiger partial charge in [0.15, 0.2) is 0 Å². The molecule has 0 spiro atoms. The van der Waals surface area contributed by atoms with Crippen molar-refractivity contribution in [2.24, 2.45) is 0 Å². The molecule has 0 aliphatic carbocycles. The van der Waals surface area contributed by atoms with Gasteiger partial charge in [0.2, 0.25) is 5.91 Å². The summed E-state index contributed by atoms with van der Waals surface area (Å²) >= 11 is 7.29. The lowest BCUT2D eigenvalue weighted by Gasteiger charge is -2.13. The van der Waals surface area contributed by atoms with Crippen LogP contribution in [0.5, 0.6) is 5.75 Å². The average Bonchev–Trinajstić information content (AvgIpc) is 3.09. The standard InChI is InChI=1S/C20H18ClFN2O2S/c1-13(14-2-6-16(22)7-3-14)23-19(25)10-17-12-27-20(24-17)11-26-18-8-4-15(21)5-9-18/h2-9,12-13H,10-11H2,1H3,(H,23,25). The van der Waals surface area contributed by atoms with Crippen LogP contribution in [0.3, 0.4) is 0 Å². The van der Waals surface area contributed by atoms with Gasteiger partial charge in [-0.05, 0) is 48.9 Å². The number of nitrogens with one attached hydrogen (secondary N) is 1. The number of hydrogen-bond acceptors (Lipinski definition) is 4. The van der Waals surface area contributed by atoms with Gasteiger partial charge in [-0.2, -0.15) is 0 Å². The van der Waals surface area contributed by atoms with Crippen LogP contribution in [-0.2, 0) is 17.8 Å². The molecular formula is C20H18ClFN2O2S. The lowest BCUT2D eigenvalue weighted by atomic mass is 10.1. The van der Waals surface area contributed by atoms with Gasteiger partial charge in [-0.25, -0.2) is 9.37 Å². The van der Waals surface area contributed by atoms with Crippen LogP contribution in [0.15, 0.2) is 53.9 Å². The molecular weight excluding hydrogens is 387 g/mol. The molecule has 0 radical (unpaired) electrons. The highest BCUT2D eigenvalue weighted by molar-refractivity contribution is 7.09. The second kappa shape index (κ2) is 8.97. The number of nitrogens with zero attached hydrogens (tertiary/aromatic N) is 1. The molecule has 0 aliphatic rings. The number of carbonyl (C=O) groups excluding carboxylic acids is 1. The Hall–Kier alpha value is -2.44. The molecule has 1 amide bonds. The minimum atomic E-state index is -0.298. The summed E-state index contributed by atoms with van der Waals surface area (Å²) in [6.07, 6.45) is 0.184. The Morgan fingerprint density at radius 1 is 1.22 bits per heavy atom. The summed E-state index contributed by atoms with van der Waals surface area (Å²) < 4.78 is 18.6. The van der Waals surface area contributed by atoms with Gasteiger partial charge in [0.1, 0.15) is 23.2 Å². The van der Waals surface area contributed by atoms with Crippen molar-refractivity contribution in [3.8, 4) is 5.75 Å². The van der Waals surface area contributed by atoms with Crippen molar-refractivity contribution in [1.82, 2.24) is 10.3 Å². The fourth-order valence-corrected chi connectivity index (χ4v) is 3.30. The molecule has 1 aromatic heterocycles. The minimum Gasteiger partial charge on any atom is -0.486 e. The predicted molar refractivity (Wildman–Crippen MR) is 105 cm³/mol. The van der Waals surface area contributed by atoms with Crippen LogP contribution in [0.4, 0.5) is 4.39 Å².